The van der Waals surface area contributed by atoms with Crippen LogP contribution in [0.2, 0.25) is 0 Å². The predicted molar refractivity (Wildman–Crippen MR) is 121 cm³/mol. The second-order valence-corrected chi connectivity index (χ2v) is 8.34. The van der Waals surface area contributed by atoms with Crippen molar-refractivity contribution < 1.29 is 9.59 Å². The minimum atomic E-state index is -0.0993. The lowest BCUT2D eigenvalue weighted by molar-refractivity contribution is -0.130. The molecule has 2 aliphatic rings. The number of carbonyl (C=O) groups excluding carboxylic acids is 2. The molecule has 0 bridgehead atoms. The van der Waals surface area contributed by atoms with Crippen LogP contribution >= 0.6 is 0 Å². The molecule has 0 atom stereocenters. The monoisotopic (exact) mass is 405 g/mol. The van der Waals surface area contributed by atoms with E-state index in [1.807, 2.05) is 52.3 Å². The fourth-order valence-electron chi connectivity index (χ4n) is 4.41. The van der Waals surface area contributed by atoms with Gasteiger partial charge in [-0.2, -0.15) is 0 Å². The number of benzene rings is 2. The zero-order chi connectivity index (χ0) is 20.8. The summed E-state index contributed by atoms with van der Waals surface area (Å²) in [5, 5.41) is 3.02. The molecule has 158 valence electrons. The number of nitrogens with one attached hydrogen (secondary N) is 1. The van der Waals surface area contributed by atoms with Crippen molar-refractivity contribution in [2.45, 2.75) is 51.4 Å². The van der Waals surface area contributed by atoms with Gasteiger partial charge in [-0.1, -0.05) is 43.2 Å². The van der Waals surface area contributed by atoms with Gasteiger partial charge in [0.25, 0.3) is 0 Å². The summed E-state index contributed by atoms with van der Waals surface area (Å²) in [5.74, 6) is 0.204. The Labute approximate surface area is 179 Å². The van der Waals surface area contributed by atoms with Gasteiger partial charge in [0, 0.05) is 31.0 Å². The molecule has 2 aromatic rings. The van der Waals surface area contributed by atoms with E-state index in [0.717, 1.165) is 68.7 Å². The molecule has 0 radical (unpaired) electrons. The van der Waals surface area contributed by atoms with Crippen LogP contribution in [-0.4, -0.2) is 36.5 Å². The molecule has 2 aromatic carbocycles. The maximum atomic E-state index is 12.9. The minimum absolute atomic E-state index is 0.0993. The summed E-state index contributed by atoms with van der Waals surface area (Å²) < 4.78 is 0. The number of amides is 3. The van der Waals surface area contributed by atoms with Crippen molar-refractivity contribution in [3.8, 4) is 0 Å². The summed E-state index contributed by atoms with van der Waals surface area (Å²) in [7, 11) is 0. The summed E-state index contributed by atoms with van der Waals surface area (Å²) in [6.45, 7) is 2.49. The number of aryl methyl sites for hydroxylation is 1. The van der Waals surface area contributed by atoms with Crippen molar-refractivity contribution >= 4 is 23.3 Å². The number of anilines is 2. The molecule has 1 saturated heterocycles. The number of hydrogen-bond donors (Lipinski definition) is 1. The Morgan fingerprint density at radius 3 is 2.27 bits per heavy atom. The van der Waals surface area contributed by atoms with E-state index in [2.05, 4.69) is 11.4 Å². The number of carbonyl (C=O) groups is 2. The molecular weight excluding hydrogens is 374 g/mol. The Kier molecular flexibility index (Phi) is 6.67. The van der Waals surface area contributed by atoms with Crippen molar-refractivity contribution in [1.29, 1.82) is 0 Å². The predicted octanol–water partition coefficient (Wildman–Crippen LogP) is 5.01. The number of urea groups is 1. The molecule has 2 heterocycles. The summed E-state index contributed by atoms with van der Waals surface area (Å²) in [4.78, 5) is 29.4. The van der Waals surface area contributed by atoms with Crippen LogP contribution in [-0.2, 0) is 17.6 Å². The van der Waals surface area contributed by atoms with Crippen molar-refractivity contribution in [2.24, 2.45) is 0 Å². The zero-order valence-electron chi connectivity index (χ0n) is 17.6. The summed E-state index contributed by atoms with van der Waals surface area (Å²) in [5.41, 5.74) is 3.98. The van der Waals surface area contributed by atoms with Crippen LogP contribution in [0.3, 0.4) is 0 Å². The number of hydrogen-bond acceptors (Lipinski definition) is 2. The van der Waals surface area contributed by atoms with E-state index >= 15 is 0 Å². The van der Waals surface area contributed by atoms with Gasteiger partial charge in [-0.25, -0.2) is 4.79 Å². The number of likely N-dealkylation sites (tertiary alicyclic amines) is 1. The zero-order valence-corrected chi connectivity index (χ0v) is 17.6. The Morgan fingerprint density at radius 2 is 1.50 bits per heavy atom. The first-order valence-corrected chi connectivity index (χ1v) is 11.2. The maximum absolute atomic E-state index is 12.9. The largest absolute Gasteiger partial charge is 0.342 e. The van der Waals surface area contributed by atoms with Gasteiger partial charge in [-0.05, 0) is 61.4 Å². The third kappa shape index (κ3) is 5.02. The Hall–Kier alpha value is -2.82. The van der Waals surface area contributed by atoms with Crippen LogP contribution in [0.15, 0.2) is 48.5 Å². The lowest BCUT2D eigenvalue weighted by Gasteiger charge is -2.23. The highest BCUT2D eigenvalue weighted by Gasteiger charge is 2.21. The van der Waals surface area contributed by atoms with Gasteiger partial charge in [0.05, 0.1) is 6.42 Å². The van der Waals surface area contributed by atoms with E-state index in [9.17, 15) is 9.59 Å². The molecule has 0 aliphatic carbocycles. The lowest BCUT2D eigenvalue weighted by atomic mass is 10.1. The van der Waals surface area contributed by atoms with E-state index in [-0.39, 0.29) is 11.9 Å². The van der Waals surface area contributed by atoms with Crippen LogP contribution in [0.25, 0.3) is 0 Å². The molecule has 0 aromatic heterocycles. The highest BCUT2D eigenvalue weighted by Crippen LogP contribution is 2.27. The van der Waals surface area contributed by atoms with E-state index in [0.29, 0.717) is 6.42 Å². The molecule has 4 rings (SSSR count). The van der Waals surface area contributed by atoms with Gasteiger partial charge in [0.15, 0.2) is 0 Å². The first-order valence-electron chi connectivity index (χ1n) is 11.2. The molecule has 0 unspecified atom stereocenters. The molecule has 0 spiro atoms. The standard InChI is InChI=1S/C25H31N3O2/c29-24(27-16-6-1-2-7-17-27)19-20-12-14-22(15-13-20)26-25(30)28-18-8-5-10-21-9-3-4-11-23(21)28/h3-4,9,11-15H,1-2,5-8,10,16-19H2,(H,26,30). The third-order valence-corrected chi connectivity index (χ3v) is 6.12. The normalized spacial score (nSPS) is 16.9. The Morgan fingerprint density at radius 1 is 0.800 bits per heavy atom. The summed E-state index contributed by atoms with van der Waals surface area (Å²) >= 11 is 0. The molecule has 1 fully saturated rings. The van der Waals surface area contributed by atoms with Crippen LogP contribution in [0.4, 0.5) is 16.2 Å². The van der Waals surface area contributed by atoms with Gasteiger partial charge in [-0.15, -0.1) is 0 Å². The minimum Gasteiger partial charge on any atom is -0.342 e. The smallest absolute Gasteiger partial charge is 0.326 e. The SMILES string of the molecule is O=C(Cc1ccc(NC(=O)N2CCCCc3ccccc32)cc1)N1CCCCCC1. The molecular formula is C25H31N3O2. The number of rotatable bonds is 3. The molecule has 3 amide bonds. The van der Waals surface area contributed by atoms with Crippen molar-refractivity contribution in [3.05, 3.63) is 59.7 Å². The van der Waals surface area contributed by atoms with E-state index in [1.165, 1.54) is 18.4 Å². The molecule has 5 nitrogen and oxygen atoms in total. The molecule has 30 heavy (non-hydrogen) atoms. The van der Waals surface area contributed by atoms with Crippen molar-refractivity contribution in [3.63, 3.8) is 0 Å². The molecule has 1 N–H and O–H groups in total. The number of para-hydroxylation sites is 1. The fraction of sp³-hybridized carbons (Fsp3) is 0.440. The van der Waals surface area contributed by atoms with Gasteiger partial charge >= 0.3 is 6.03 Å². The summed E-state index contributed by atoms with van der Waals surface area (Å²) in [6.07, 6.45) is 8.19. The Bertz CT molecular complexity index is 870. The van der Waals surface area contributed by atoms with Gasteiger partial charge in [0.2, 0.25) is 5.91 Å². The van der Waals surface area contributed by atoms with Gasteiger partial charge in [0.1, 0.15) is 0 Å². The van der Waals surface area contributed by atoms with Crippen molar-refractivity contribution in [2.75, 3.05) is 29.9 Å². The second-order valence-electron chi connectivity index (χ2n) is 8.34. The topological polar surface area (TPSA) is 52.7 Å². The van der Waals surface area contributed by atoms with E-state index < -0.39 is 0 Å². The Balaban J connectivity index is 1.37. The average molecular weight is 406 g/mol. The molecule has 0 saturated carbocycles. The highest BCUT2D eigenvalue weighted by molar-refractivity contribution is 6.02. The quantitative estimate of drug-likeness (QED) is 0.781. The van der Waals surface area contributed by atoms with E-state index in [4.69, 9.17) is 0 Å². The first kappa shape index (κ1) is 20.5. The van der Waals surface area contributed by atoms with E-state index in [1.54, 1.807) is 0 Å². The van der Waals surface area contributed by atoms with Crippen LogP contribution in [0.1, 0.15) is 49.7 Å². The average Bonchev–Trinajstić information content (AvgIpc) is 3.16. The van der Waals surface area contributed by atoms with Gasteiger partial charge in [-0.3, -0.25) is 9.69 Å². The molecule has 2 aliphatic heterocycles. The van der Waals surface area contributed by atoms with Crippen LogP contribution < -0.4 is 10.2 Å². The van der Waals surface area contributed by atoms with Crippen LogP contribution in [0, 0.1) is 0 Å². The fourth-order valence-corrected chi connectivity index (χ4v) is 4.41. The lowest BCUT2D eigenvalue weighted by Crippen LogP contribution is -2.35. The van der Waals surface area contributed by atoms with Crippen molar-refractivity contribution in [1.82, 2.24) is 4.90 Å². The number of fused-ring (bicyclic) bond motifs is 1. The third-order valence-electron chi connectivity index (χ3n) is 6.12. The second kappa shape index (κ2) is 9.79. The molecule has 5 heteroatoms. The first-order chi connectivity index (χ1) is 14.7. The highest BCUT2D eigenvalue weighted by atomic mass is 16.2. The summed E-state index contributed by atoms with van der Waals surface area (Å²) in [6, 6.07) is 15.7. The van der Waals surface area contributed by atoms with Gasteiger partial charge < -0.3 is 10.2 Å². The maximum Gasteiger partial charge on any atom is 0.326 e. The van der Waals surface area contributed by atoms with Crippen LogP contribution in [0.5, 0.6) is 0 Å². The number of nitrogens with zero attached hydrogens (tertiary/aromatic N) is 2.